The van der Waals surface area contributed by atoms with Gasteiger partial charge >= 0.3 is 6.61 Å². The summed E-state index contributed by atoms with van der Waals surface area (Å²) in [6, 6.07) is 11.8. The number of carbonyl (C=O) groups is 1. The lowest BCUT2D eigenvalue weighted by Gasteiger charge is -2.11. The highest BCUT2D eigenvalue weighted by molar-refractivity contribution is 5.96. The maximum atomic E-state index is 12.4. The number of alkyl halides is 2. The van der Waals surface area contributed by atoms with Gasteiger partial charge in [0.15, 0.2) is 11.5 Å². The lowest BCUT2D eigenvalue weighted by Crippen LogP contribution is -2.27. The van der Waals surface area contributed by atoms with E-state index in [1.54, 1.807) is 42.9 Å². The average Bonchev–Trinajstić information content (AvgIpc) is 3.33. The van der Waals surface area contributed by atoms with E-state index in [9.17, 15) is 13.6 Å². The van der Waals surface area contributed by atoms with Crippen molar-refractivity contribution in [2.45, 2.75) is 34.3 Å². The highest BCUT2D eigenvalue weighted by Gasteiger charge is 2.13. The van der Waals surface area contributed by atoms with Gasteiger partial charge in [-0.05, 0) is 61.9 Å². The molecule has 0 fully saturated rings. The van der Waals surface area contributed by atoms with Crippen LogP contribution >= 0.6 is 0 Å². The van der Waals surface area contributed by atoms with Gasteiger partial charge in [-0.3, -0.25) is 9.20 Å². The number of imidazole rings is 1. The van der Waals surface area contributed by atoms with E-state index < -0.39 is 6.61 Å². The summed E-state index contributed by atoms with van der Waals surface area (Å²) in [6.07, 6.45) is 5.10. The fourth-order valence-electron chi connectivity index (χ4n) is 3.64. The predicted molar refractivity (Wildman–Crippen MR) is 140 cm³/mol. The van der Waals surface area contributed by atoms with Crippen molar-refractivity contribution < 1.29 is 23.0 Å². The van der Waals surface area contributed by atoms with Crippen LogP contribution in [0.1, 0.15) is 36.7 Å². The Labute approximate surface area is 214 Å². The van der Waals surface area contributed by atoms with Crippen LogP contribution in [0.15, 0.2) is 61.1 Å². The minimum Gasteiger partial charge on any atom is -0.435 e. The van der Waals surface area contributed by atoms with E-state index in [4.69, 9.17) is 4.74 Å². The van der Waals surface area contributed by atoms with Crippen molar-refractivity contribution in [1.82, 2.24) is 19.7 Å². The van der Waals surface area contributed by atoms with E-state index in [1.807, 2.05) is 38.2 Å². The van der Waals surface area contributed by atoms with Gasteiger partial charge in [0.1, 0.15) is 5.75 Å². The molecule has 0 atom stereocenters. The summed E-state index contributed by atoms with van der Waals surface area (Å²) in [5.74, 6) is 0.463. The van der Waals surface area contributed by atoms with Crippen LogP contribution in [0.3, 0.4) is 0 Å². The molecule has 0 aliphatic rings. The van der Waals surface area contributed by atoms with Crippen molar-refractivity contribution in [2.24, 2.45) is 0 Å². The lowest BCUT2D eigenvalue weighted by atomic mass is 10.1. The zero-order chi connectivity index (χ0) is 26.8. The first kappa shape index (κ1) is 27.5. The summed E-state index contributed by atoms with van der Waals surface area (Å²) in [7, 11) is 0. The molecule has 1 amide bonds. The molecular formula is C27H31F2N5O3. The fourth-order valence-corrected chi connectivity index (χ4v) is 3.64. The van der Waals surface area contributed by atoms with Gasteiger partial charge in [-0.2, -0.15) is 8.78 Å². The minimum absolute atomic E-state index is 0.0865. The van der Waals surface area contributed by atoms with Gasteiger partial charge in [-0.25, -0.2) is 9.97 Å². The summed E-state index contributed by atoms with van der Waals surface area (Å²) in [5, 5.41) is 6.10. The largest absolute Gasteiger partial charge is 0.435 e. The second-order valence-corrected chi connectivity index (χ2v) is 7.62. The lowest BCUT2D eigenvalue weighted by molar-refractivity contribution is -0.0498. The minimum atomic E-state index is -2.87. The molecule has 0 aliphatic carbocycles. The van der Waals surface area contributed by atoms with Gasteiger partial charge in [0, 0.05) is 42.4 Å². The molecule has 0 radical (unpaired) electrons. The van der Waals surface area contributed by atoms with Gasteiger partial charge in [0.05, 0.1) is 18.5 Å². The first-order valence-electron chi connectivity index (χ1n) is 12.1. The van der Waals surface area contributed by atoms with Gasteiger partial charge < -0.3 is 20.1 Å². The molecule has 0 saturated heterocycles. The molecule has 0 spiro atoms. The number of hydrogen-bond donors (Lipinski definition) is 2. The first-order valence-corrected chi connectivity index (χ1v) is 12.1. The number of carbonyl (C=O) groups excluding carboxylic acids is 1. The Morgan fingerprint density at radius 2 is 1.86 bits per heavy atom. The van der Waals surface area contributed by atoms with Gasteiger partial charge in [-0.1, -0.05) is 13.8 Å². The van der Waals surface area contributed by atoms with Crippen molar-refractivity contribution in [1.29, 1.82) is 0 Å². The van der Waals surface area contributed by atoms with Gasteiger partial charge in [0.25, 0.3) is 5.91 Å². The van der Waals surface area contributed by atoms with Crippen LogP contribution in [0.4, 0.5) is 20.3 Å². The molecule has 0 saturated carbocycles. The number of halogens is 2. The normalized spacial score (nSPS) is 10.7. The summed E-state index contributed by atoms with van der Waals surface area (Å²) >= 11 is 0. The standard InChI is InChI=1S/C25H25F2N5O3.C2H6/c1-3-34-13-11-29-24(33)20-9-6-18(14-16(20)2)31-22-23-30-15-21(32(23)12-10-28-22)17-4-7-19(8-5-17)35-25(26)27;1-2/h4-10,12,14-15,25H,3,11,13H2,1-2H3,(H,28,31)(H,29,33);1-2H3. The zero-order valence-electron chi connectivity index (χ0n) is 21.3. The third kappa shape index (κ3) is 7.01. The van der Waals surface area contributed by atoms with E-state index in [0.29, 0.717) is 36.8 Å². The van der Waals surface area contributed by atoms with Gasteiger partial charge in [0.2, 0.25) is 0 Å². The molecule has 2 aromatic heterocycles. The van der Waals surface area contributed by atoms with E-state index in [0.717, 1.165) is 22.5 Å². The third-order valence-corrected chi connectivity index (χ3v) is 5.27. The molecule has 2 aromatic carbocycles. The molecule has 0 unspecified atom stereocenters. The Kier molecular flexibility index (Phi) is 9.91. The smallest absolute Gasteiger partial charge is 0.387 e. The van der Waals surface area contributed by atoms with Crippen LogP contribution < -0.4 is 15.4 Å². The Morgan fingerprint density at radius 3 is 2.54 bits per heavy atom. The van der Waals surface area contributed by atoms with Crippen LogP contribution in [0, 0.1) is 6.92 Å². The van der Waals surface area contributed by atoms with Crippen molar-refractivity contribution in [3.63, 3.8) is 0 Å². The summed E-state index contributed by atoms with van der Waals surface area (Å²) in [6.45, 7) is 6.42. The number of anilines is 2. The van der Waals surface area contributed by atoms with Crippen LogP contribution in [0.2, 0.25) is 0 Å². The molecule has 4 rings (SSSR count). The van der Waals surface area contributed by atoms with Crippen LogP contribution in [-0.2, 0) is 4.74 Å². The van der Waals surface area contributed by atoms with E-state index in [-0.39, 0.29) is 11.7 Å². The number of aromatic nitrogens is 3. The monoisotopic (exact) mass is 511 g/mol. The second kappa shape index (κ2) is 13.3. The maximum Gasteiger partial charge on any atom is 0.387 e. The number of nitrogens with one attached hydrogen (secondary N) is 2. The molecule has 2 N–H and O–H groups in total. The number of amides is 1. The summed E-state index contributed by atoms with van der Waals surface area (Å²) in [4.78, 5) is 21.3. The van der Waals surface area contributed by atoms with E-state index in [1.165, 1.54) is 12.1 Å². The molecule has 8 nitrogen and oxygen atoms in total. The Bertz CT molecular complexity index is 1310. The van der Waals surface area contributed by atoms with Crippen molar-refractivity contribution >= 4 is 23.1 Å². The summed E-state index contributed by atoms with van der Waals surface area (Å²) < 4.78 is 36.3. The number of ether oxygens (including phenoxy) is 2. The van der Waals surface area contributed by atoms with E-state index in [2.05, 4.69) is 25.3 Å². The van der Waals surface area contributed by atoms with Gasteiger partial charge in [-0.15, -0.1) is 0 Å². The second-order valence-electron chi connectivity index (χ2n) is 7.62. The number of aryl methyl sites for hydroxylation is 1. The number of rotatable bonds is 10. The van der Waals surface area contributed by atoms with Crippen molar-refractivity contribution in [3.8, 4) is 17.0 Å². The number of hydrogen-bond acceptors (Lipinski definition) is 6. The maximum absolute atomic E-state index is 12.4. The Balaban J connectivity index is 0.00000186. The molecule has 10 heteroatoms. The molecular weight excluding hydrogens is 480 g/mol. The highest BCUT2D eigenvalue weighted by atomic mass is 19.3. The molecule has 0 bridgehead atoms. The first-order chi connectivity index (χ1) is 18.0. The SMILES string of the molecule is CC.CCOCCNC(=O)c1ccc(Nc2nccn3c(-c4ccc(OC(F)F)cc4)cnc23)cc1C. The average molecular weight is 512 g/mol. The molecule has 37 heavy (non-hydrogen) atoms. The fraction of sp³-hybridized carbons (Fsp3) is 0.296. The Morgan fingerprint density at radius 1 is 1.11 bits per heavy atom. The Hall–Kier alpha value is -4.05. The quantitative estimate of drug-likeness (QED) is 0.260. The topological polar surface area (TPSA) is 89.8 Å². The van der Waals surface area contributed by atoms with Crippen LogP contribution in [0.25, 0.3) is 16.9 Å². The van der Waals surface area contributed by atoms with Crippen molar-refractivity contribution in [2.75, 3.05) is 25.1 Å². The number of fused-ring (bicyclic) bond motifs is 1. The van der Waals surface area contributed by atoms with Crippen LogP contribution in [0.5, 0.6) is 5.75 Å². The summed E-state index contributed by atoms with van der Waals surface area (Å²) in [5.41, 5.74) is 4.29. The van der Waals surface area contributed by atoms with E-state index >= 15 is 0 Å². The highest BCUT2D eigenvalue weighted by Crippen LogP contribution is 2.27. The zero-order valence-corrected chi connectivity index (χ0v) is 21.3. The third-order valence-electron chi connectivity index (χ3n) is 5.27. The number of nitrogens with zero attached hydrogens (tertiary/aromatic N) is 3. The van der Waals surface area contributed by atoms with Crippen molar-refractivity contribution in [3.05, 3.63) is 72.2 Å². The molecule has 196 valence electrons. The number of benzene rings is 2. The predicted octanol–water partition coefficient (Wildman–Crippen LogP) is 5.84. The molecule has 4 aromatic rings. The molecule has 2 heterocycles. The molecule has 0 aliphatic heterocycles. The van der Waals surface area contributed by atoms with Crippen LogP contribution in [-0.4, -0.2) is 46.6 Å².